The molecule has 1 amide bonds. The molecule has 1 aliphatic heterocycles. The molecule has 1 unspecified atom stereocenters. The minimum Gasteiger partial charge on any atom is -0.359 e. The van der Waals surface area contributed by atoms with E-state index in [4.69, 9.17) is 9.47 Å². The number of halogens is 1. The monoisotopic (exact) mass is 559 g/mol. The molecule has 1 aromatic heterocycles. The van der Waals surface area contributed by atoms with Gasteiger partial charge in [0.2, 0.25) is 15.9 Å². The summed E-state index contributed by atoms with van der Waals surface area (Å²) < 4.78 is 53.2. The van der Waals surface area contributed by atoms with E-state index in [-0.39, 0.29) is 49.8 Å². The molecule has 10 nitrogen and oxygen atoms in total. The topological polar surface area (TPSA) is 107 Å². The Balaban J connectivity index is 1.49. The fraction of sp³-hybridized carbons (Fsp3) is 0.444. The van der Waals surface area contributed by atoms with Crippen LogP contribution in [0.3, 0.4) is 0 Å². The predicted octanol–water partition coefficient (Wildman–Crippen LogP) is 2.90. The summed E-state index contributed by atoms with van der Waals surface area (Å²) in [6.45, 7) is 5.06. The van der Waals surface area contributed by atoms with Gasteiger partial charge in [0, 0.05) is 20.2 Å². The van der Waals surface area contributed by atoms with E-state index < -0.39 is 16.1 Å². The third-order valence-corrected chi connectivity index (χ3v) is 8.33. The molecule has 0 saturated carbocycles. The number of hydrogen-bond acceptors (Lipinski definition) is 7. The number of nitrogens with zero attached hydrogens (tertiary/aromatic N) is 5. The molecule has 2 heterocycles. The fourth-order valence-electron chi connectivity index (χ4n) is 4.55. The third kappa shape index (κ3) is 7.27. The Morgan fingerprint density at radius 2 is 1.72 bits per heavy atom. The highest BCUT2D eigenvalue weighted by Gasteiger charge is 2.42. The van der Waals surface area contributed by atoms with Crippen LogP contribution in [0, 0.1) is 11.7 Å². The lowest BCUT2D eigenvalue weighted by molar-refractivity contribution is -0.136. The number of sulfonamides is 1. The van der Waals surface area contributed by atoms with Crippen molar-refractivity contribution in [1.82, 2.24) is 24.2 Å². The minimum atomic E-state index is -3.73. The zero-order valence-corrected chi connectivity index (χ0v) is 23.2. The number of amides is 1. The molecule has 12 heteroatoms. The van der Waals surface area contributed by atoms with Crippen LogP contribution < -0.4 is 0 Å². The zero-order valence-electron chi connectivity index (χ0n) is 22.4. The summed E-state index contributed by atoms with van der Waals surface area (Å²) in [4.78, 5) is 15.2. The van der Waals surface area contributed by atoms with Crippen LogP contribution in [-0.4, -0.2) is 77.4 Å². The van der Waals surface area contributed by atoms with Gasteiger partial charge in [-0.3, -0.25) is 4.79 Å². The summed E-state index contributed by atoms with van der Waals surface area (Å²) in [5.74, 6) is -1.00. The molecule has 39 heavy (non-hydrogen) atoms. The van der Waals surface area contributed by atoms with Gasteiger partial charge in [-0.2, -0.15) is 4.31 Å². The summed E-state index contributed by atoms with van der Waals surface area (Å²) in [6.07, 6.45) is 1.73. The lowest BCUT2D eigenvalue weighted by Gasteiger charge is -2.32. The standard InChI is InChI=1S/C27H34FN5O5S/c1-20(2)26-27(34)31(17-25-18-32(30-29-25)12-14-38-19-37-3)13-15-39(35,36)33(26)16-21-4-6-22(7-5-21)23-8-10-24(28)11-9-23/h4-11,18,20,26H,12-17,19H2,1-3H3. The molecule has 2 aromatic carbocycles. The van der Waals surface area contributed by atoms with Crippen molar-refractivity contribution < 1.29 is 27.1 Å². The van der Waals surface area contributed by atoms with Crippen LogP contribution in [0.2, 0.25) is 0 Å². The first-order valence-electron chi connectivity index (χ1n) is 12.8. The number of carbonyl (C=O) groups excluding carboxylic acids is 1. The molecule has 0 spiro atoms. The van der Waals surface area contributed by atoms with Crippen molar-refractivity contribution in [1.29, 1.82) is 0 Å². The van der Waals surface area contributed by atoms with Crippen molar-refractivity contribution in [2.24, 2.45) is 5.92 Å². The fourth-order valence-corrected chi connectivity index (χ4v) is 6.26. The van der Waals surface area contributed by atoms with Crippen molar-refractivity contribution in [3.05, 3.63) is 71.8 Å². The van der Waals surface area contributed by atoms with Gasteiger partial charge in [-0.25, -0.2) is 17.5 Å². The molecule has 1 atom stereocenters. The number of rotatable bonds is 11. The normalized spacial score (nSPS) is 18.0. The van der Waals surface area contributed by atoms with Crippen molar-refractivity contribution in [3.63, 3.8) is 0 Å². The zero-order chi connectivity index (χ0) is 28.0. The molecule has 1 fully saturated rings. The average molecular weight is 560 g/mol. The van der Waals surface area contributed by atoms with Crippen molar-refractivity contribution in [3.8, 4) is 11.1 Å². The van der Waals surface area contributed by atoms with Crippen LogP contribution in [0.5, 0.6) is 0 Å². The van der Waals surface area contributed by atoms with Gasteiger partial charge in [-0.1, -0.05) is 55.5 Å². The van der Waals surface area contributed by atoms with Gasteiger partial charge in [0.15, 0.2) is 0 Å². The molecule has 1 aliphatic rings. The van der Waals surface area contributed by atoms with Gasteiger partial charge in [0.25, 0.3) is 0 Å². The van der Waals surface area contributed by atoms with Gasteiger partial charge < -0.3 is 14.4 Å². The largest absolute Gasteiger partial charge is 0.359 e. The van der Waals surface area contributed by atoms with Crippen molar-refractivity contribution in [2.45, 2.75) is 39.5 Å². The molecule has 0 N–H and O–H groups in total. The van der Waals surface area contributed by atoms with Crippen LogP contribution in [0.1, 0.15) is 25.1 Å². The Bertz CT molecular complexity index is 1350. The molecule has 3 aromatic rings. The van der Waals surface area contributed by atoms with Gasteiger partial charge in [-0.05, 0) is 34.7 Å². The number of hydrogen-bond donors (Lipinski definition) is 0. The molecule has 0 radical (unpaired) electrons. The second-order valence-corrected chi connectivity index (χ2v) is 11.8. The maximum Gasteiger partial charge on any atom is 0.241 e. The molecular formula is C27H34FN5O5S. The molecule has 0 bridgehead atoms. The van der Waals surface area contributed by atoms with Gasteiger partial charge in [-0.15, -0.1) is 5.10 Å². The van der Waals surface area contributed by atoms with Gasteiger partial charge in [0.1, 0.15) is 24.3 Å². The second-order valence-electron chi connectivity index (χ2n) is 9.80. The maximum absolute atomic E-state index is 13.7. The first kappa shape index (κ1) is 28.8. The summed E-state index contributed by atoms with van der Waals surface area (Å²) in [7, 11) is -2.19. The predicted molar refractivity (Wildman–Crippen MR) is 143 cm³/mol. The number of aromatic nitrogens is 3. The second kappa shape index (κ2) is 12.8. The quantitative estimate of drug-likeness (QED) is 0.263. The Hall–Kier alpha value is -3.19. The van der Waals surface area contributed by atoms with Crippen LogP contribution in [0.25, 0.3) is 11.1 Å². The summed E-state index contributed by atoms with van der Waals surface area (Å²) in [5.41, 5.74) is 3.07. The number of ether oxygens (including phenoxy) is 2. The SMILES string of the molecule is COCOCCn1cc(CN2CCS(=O)(=O)N(Cc3ccc(-c4ccc(F)cc4)cc3)C(C(C)C)C2=O)nn1. The Morgan fingerprint density at radius 1 is 1.05 bits per heavy atom. The first-order valence-corrected chi connectivity index (χ1v) is 14.4. The van der Waals surface area contributed by atoms with E-state index in [2.05, 4.69) is 10.3 Å². The number of carbonyl (C=O) groups is 1. The molecule has 0 aliphatic carbocycles. The lowest BCUT2D eigenvalue weighted by Crippen LogP contribution is -2.49. The van der Waals surface area contributed by atoms with E-state index in [1.807, 2.05) is 38.1 Å². The Kier molecular flexibility index (Phi) is 9.44. The molecule has 4 rings (SSSR count). The summed E-state index contributed by atoms with van der Waals surface area (Å²) >= 11 is 0. The van der Waals surface area contributed by atoms with Crippen LogP contribution in [0.4, 0.5) is 4.39 Å². The highest BCUT2D eigenvalue weighted by molar-refractivity contribution is 7.89. The first-order chi connectivity index (χ1) is 18.7. The third-order valence-electron chi connectivity index (χ3n) is 6.56. The van der Waals surface area contributed by atoms with Gasteiger partial charge >= 0.3 is 0 Å². The van der Waals surface area contributed by atoms with Crippen LogP contribution in [0.15, 0.2) is 54.7 Å². The number of benzene rings is 2. The van der Waals surface area contributed by atoms with Crippen LogP contribution >= 0.6 is 0 Å². The van der Waals surface area contributed by atoms with E-state index in [1.165, 1.54) is 16.4 Å². The summed E-state index contributed by atoms with van der Waals surface area (Å²) in [6, 6.07) is 12.8. The van der Waals surface area contributed by atoms with E-state index in [0.717, 1.165) is 16.7 Å². The average Bonchev–Trinajstić information content (AvgIpc) is 3.33. The van der Waals surface area contributed by atoms with Gasteiger partial charge in [0.05, 0.1) is 31.6 Å². The van der Waals surface area contributed by atoms with E-state index in [9.17, 15) is 17.6 Å². The van der Waals surface area contributed by atoms with Crippen molar-refractivity contribution in [2.75, 3.05) is 32.8 Å². The van der Waals surface area contributed by atoms with Crippen molar-refractivity contribution >= 4 is 15.9 Å². The minimum absolute atomic E-state index is 0.0637. The highest BCUT2D eigenvalue weighted by Crippen LogP contribution is 2.27. The summed E-state index contributed by atoms with van der Waals surface area (Å²) in [5, 5.41) is 8.23. The van der Waals surface area contributed by atoms with E-state index >= 15 is 0 Å². The highest BCUT2D eigenvalue weighted by atomic mass is 32.2. The maximum atomic E-state index is 13.7. The smallest absolute Gasteiger partial charge is 0.241 e. The molecular weight excluding hydrogens is 525 g/mol. The van der Waals surface area contributed by atoms with Crippen LogP contribution in [-0.2, 0) is 43.9 Å². The molecule has 1 saturated heterocycles. The number of methoxy groups -OCH3 is 1. The van der Waals surface area contributed by atoms with E-state index in [0.29, 0.717) is 18.8 Å². The lowest BCUT2D eigenvalue weighted by atomic mass is 10.0. The van der Waals surface area contributed by atoms with E-state index in [1.54, 1.807) is 35.0 Å². The Morgan fingerprint density at radius 3 is 2.36 bits per heavy atom. The molecule has 210 valence electrons. The Labute approximate surface area is 228 Å².